The molecule has 0 unspecified atom stereocenters. The van der Waals surface area contributed by atoms with Crippen LogP contribution in [0.2, 0.25) is 0 Å². The van der Waals surface area contributed by atoms with Gasteiger partial charge in [0, 0.05) is 0 Å². The predicted octanol–water partition coefficient (Wildman–Crippen LogP) is -2.89. The Balaban J connectivity index is 0. The van der Waals surface area contributed by atoms with Crippen LogP contribution in [0, 0.1) is 0 Å². The molecule has 0 saturated carbocycles. The third kappa shape index (κ3) is 11.7. The van der Waals surface area contributed by atoms with Gasteiger partial charge in [-0.15, -0.1) is 0 Å². The van der Waals surface area contributed by atoms with Crippen LogP contribution in [0.5, 0.6) is 0 Å². The van der Waals surface area contributed by atoms with E-state index >= 15 is 0 Å². The molecule has 9 heavy (non-hydrogen) atoms. The summed E-state index contributed by atoms with van der Waals surface area (Å²) in [4.78, 5) is 0. The van der Waals surface area contributed by atoms with Gasteiger partial charge >= 0.3 is 18.9 Å². The van der Waals surface area contributed by atoms with E-state index in [9.17, 15) is 13.0 Å². The fourth-order valence-electron chi connectivity index (χ4n) is 0.214. The van der Waals surface area contributed by atoms with Gasteiger partial charge in [0.05, 0.1) is 15.9 Å². The molecule has 0 aromatic heterocycles. The minimum atomic E-state index is -4.02. The standard InChI is InChI=1S/C4H8O3S.Li/c1-2-3-4-8(5,6)7;/h2-3H,4H2,1H3,(H,5,6,7);/q;+1/p-1. The SMILES string of the molecule is CC=CCS(=O)(=O)[O-].[Li+]. The summed E-state index contributed by atoms with van der Waals surface area (Å²) >= 11 is 0. The van der Waals surface area contributed by atoms with Crippen molar-refractivity contribution in [3.63, 3.8) is 0 Å². The zero-order valence-electron chi connectivity index (χ0n) is 5.49. The van der Waals surface area contributed by atoms with Gasteiger partial charge in [-0.2, -0.15) is 0 Å². The minimum absolute atomic E-state index is 0. The quantitative estimate of drug-likeness (QED) is 0.236. The van der Waals surface area contributed by atoms with Crippen LogP contribution in [-0.2, 0) is 10.1 Å². The molecule has 0 aliphatic rings. The van der Waals surface area contributed by atoms with Crippen LogP contribution in [0.3, 0.4) is 0 Å². The number of hydrogen-bond acceptors (Lipinski definition) is 3. The molecule has 3 nitrogen and oxygen atoms in total. The molecule has 0 heterocycles. The Bertz CT molecular complexity index is 170. The maximum atomic E-state index is 9.78. The van der Waals surface area contributed by atoms with Crippen molar-refractivity contribution in [2.24, 2.45) is 0 Å². The third-order valence-electron chi connectivity index (χ3n) is 0.536. The van der Waals surface area contributed by atoms with E-state index in [2.05, 4.69) is 0 Å². The van der Waals surface area contributed by atoms with Crippen molar-refractivity contribution in [3.8, 4) is 0 Å². The van der Waals surface area contributed by atoms with Crippen LogP contribution in [0.4, 0.5) is 0 Å². The molecule has 5 heteroatoms. The molecule has 48 valence electrons. The number of hydrogen-bond donors (Lipinski definition) is 0. The van der Waals surface area contributed by atoms with E-state index in [1.165, 1.54) is 12.2 Å². The molecule has 0 rings (SSSR count). The second-order valence-corrected chi connectivity index (χ2v) is 2.74. The molecule has 0 saturated heterocycles. The van der Waals surface area contributed by atoms with Crippen LogP contribution in [-0.4, -0.2) is 18.7 Å². The van der Waals surface area contributed by atoms with Crippen molar-refractivity contribution >= 4 is 10.1 Å². The predicted molar refractivity (Wildman–Crippen MR) is 29.4 cm³/mol. The Morgan fingerprint density at radius 2 is 2.00 bits per heavy atom. The molecule has 0 spiro atoms. The van der Waals surface area contributed by atoms with E-state index in [-0.39, 0.29) is 18.9 Å². The zero-order valence-corrected chi connectivity index (χ0v) is 6.31. The average molecular weight is 142 g/mol. The first-order chi connectivity index (χ1) is 3.56. The van der Waals surface area contributed by atoms with E-state index in [0.717, 1.165) is 0 Å². The maximum Gasteiger partial charge on any atom is 1.00 e. The normalized spacial score (nSPS) is 11.3. The second kappa shape index (κ2) is 5.07. The van der Waals surface area contributed by atoms with Crippen molar-refractivity contribution in [1.82, 2.24) is 0 Å². The molecular weight excluding hydrogens is 135 g/mol. The van der Waals surface area contributed by atoms with Gasteiger partial charge in [-0.25, -0.2) is 8.42 Å². The molecule has 0 bridgehead atoms. The first kappa shape index (κ1) is 12.0. The third-order valence-corrected chi connectivity index (χ3v) is 1.14. The molecular formula is C4H7LiO3S. The molecule has 0 aromatic carbocycles. The maximum absolute atomic E-state index is 9.78. The molecule has 0 radical (unpaired) electrons. The van der Waals surface area contributed by atoms with Crippen molar-refractivity contribution in [2.45, 2.75) is 6.92 Å². The summed E-state index contributed by atoms with van der Waals surface area (Å²) in [6.45, 7) is 1.66. The number of rotatable bonds is 2. The van der Waals surface area contributed by atoms with Gasteiger partial charge in [0.15, 0.2) is 0 Å². The Kier molecular flexibility index (Phi) is 6.74. The Morgan fingerprint density at radius 3 is 2.11 bits per heavy atom. The summed E-state index contributed by atoms with van der Waals surface area (Å²) < 4.78 is 29.4. The molecule has 0 aliphatic carbocycles. The summed E-state index contributed by atoms with van der Waals surface area (Å²) in [5, 5.41) is 0. The Hall–Kier alpha value is 0.247. The molecule has 0 N–H and O–H groups in total. The first-order valence-electron chi connectivity index (χ1n) is 2.11. The van der Waals surface area contributed by atoms with Gasteiger partial charge in [-0.1, -0.05) is 12.2 Å². The molecule has 0 aliphatic heterocycles. The van der Waals surface area contributed by atoms with Gasteiger partial charge < -0.3 is 4.55 Å². The topological polar surface area (TPSA) is 57.2 Å². The van der Waals surface area contributed by atoms with Gasteiger partial charge in [0.1, 0.15) is 0 Å². The summed E-state index contributed by atoms with van der Waals surface area (Å²) in [6.07, 6.45) is 2.83. The Morgan fingerprint density at radius 1 is 1.56 bits per heavy atom. The summed E-state index contributed by atoms with van der Waals surface area (Å²) in [5.41, 5.74) is 0. The minimum Gasteiger partial charge on any atom is -0.748 e. The van der Waals surface area contributed by atoms with Crippen molar-refractivity contribution in [3.05, 3.63) is 12.2 Å². The van der Waals surface area contributed by atoms with Crippen LogP contribution in [0.15, 0.2) is 12.2 Å². The number of allylic oxidation sites excluding steroid dienone is 1. The summed E-state index contributed by atoms with van der Waals surface area (Å²) in [5.74, 6) is -0.399. The Labute approximate surface area is 67.1 Å². The van der Waals surface area contributed by atoms with E-state index in [1.807, 2.05) is 0 Å². The van der Waals surface area contributed by atoms with Crippen LogP contribution < -0.4 is 18.9 Å². The van der Waals surface area contributed by atoms with E-state index in [1.54, 1.807) is 6.92 Å². The van der Waals surface area contributed by atoms with Gasteiger partial charge in [0.2, 0.25) is 0 Å². The smallest absolute Gasteiger partial charge is 0.748 e. The van der Waals surface area contributed by atoms with Crippen LogP contribution in [0.1, 0.15) is 6.92 Å². The zero-order chi connectivity index (χ0) is 6.62. The van der Waals surface area contributed by atoms with Crippen molar-refractivity contribution < 1.29 is 31.8 Å². The molecule has 0 atom stereocenters. The molecule has 0 amide bonds. The van der Waals surface area contributed by atoms with Crippen molar-refractivity contribution in [2.75, 3.05) is 5.75 Å². The van der Waals surface area contributed by atoms with Crippen molar-refractivity contribution in [1.29, 1.82) is 0 Å². The fraction of sp³-hybridized carbons (Fsp3) is 0.500. The fourth-order valence-corrected chi connectivity index (χ4v) is 0.642. The summed E-state index contributed by atoms with van der Waals surface area (Å²) in [7, 11) is -4.02. The van der Waals surface area contributed by atoms with Gasteiger partial charge in [-0.05, 0) is 6.92 Å². The molecule has 0 fully saturated rings. The average Bonchev–Trinajstić information content (AvgIpc) is 1.59. The van der Waals surface area contributed by atoms with E-state index in [0.29, 0.717) is 0 Å². The first-order valence-corrected chi connectivity index (χ1v) is 3.68. The van der Waals surface area contributed by atoms with Crippen LogP contribution >= 0.6 is 0 Å². The van der Waals surface area contributed by atoms with E-state index in [4.69, 9.17) is 0 Å². The van der Waals surface area contributed by atoms with E-state index < -0.39 is 15.9 Å². The monoisotopic (exact) mass is 142 g/mol. The second-order valence-electron chi connectivity index (χ2n) is 1.29. The summed E-state index contributed by atoms with van der Waals surface area (Å²) in [6, 6.07) is 0. The largest absolute Gasteiger partial charge is 1.00 e. The van der Waals surface area contributed by atoms with Gasteiger partial charge in [0.25, 0.3) is 0 Å². The van der Waals surface area contributed by atoms with Crippen LogP contribution in [0.25, 0.3) is 0 Å². The molecule has 0 aromatic rings. The van der Waals surface area contributed by atoms with Gasteiger partial charge in [-0.3, -0.25) is 0 Å².